The van der Waals surface area contributed by atoms with Crippen molar-refractivity contribution in [3.05, 3.63) is 59.9 Å². The van der Waals surface area contributed by atoms with Gasteiger partial charge in [0.25, 0.3) is 5.89 Å². The van der Waals surface area contributed by atoms with Crippen LogP contribution in [0.5, 0.6) is 5.75 Å². The molecule has 1 aliphatic rings. The van der Waals surface area contributed by atoms with Crippen molar-refractivity contribution in [3.63, 3.8) is 0 Å². The van der Waals surface area contributed by atoms with E-state index in [-0.39, 0.29) is 11.8 Å². The molecule has 3 aromatic rings. The van der Waals surface area contributed by atoms with Crippen LogP contribution >= 0.6 is 0 Å². The molecule has 4 rings (SSSR count). The number of methoxy groups -OCH3 is 1. The molecule has 1 aliphatic heterocycles. The Labute approximate surface area is 176 Å². The van der Waals surface area contributed by atoms with Crippen LogP contribution in [0.4, 0.5) is 5.69 Å². The molecule has 0 saturated carbocycles. The van der Waals surface area contributed by atoms with E-state index in [1.807, 2.05) is 55.5 Å². The molecule has 2 heterocycles. The van der Waals surface area contributed by atoms with Gasteiger partial charge >= 0.3 is 0 Å². The first kappa shape index (κ1) is 20.1. The van der Waals surface area contributed by atoms with E-state index in [2.05, 4.69) is 20.4 Å². The van der Waals surface area contributed by atoms with Crippen LogP contribution in [0.25, 0.3) is 11.5 Å². The summed E-state index contributed by atoms with van der Waals surface area (Å²) in [4.78, 5) is 19.5. The summed E-state index contributed by atoms with van der Waals surface area (Å²) in [5.41, 5.74) is 2.79. The Morgan fingerprint density at radius 3 is 2.83 bits per heavy atom. The number of amides is 1. The van der Waals surface area contributed by atoms with Gasteiger partial charge in [0.15, 0.2) is 5.82 Å². The van der Waals surface area contributed by atoms with E-state index in [0.29, 0.717) is 36.2 Å². The van der Waals surface area contributed by atoms with Gasteiger partial charge in [-0.25, -0.2) is 0 Å². The Morgan fingerprint density at radius 2 is 2.03 bits per heavy atom. The quantitative estimate of drug-likeness (QED) is 0.669. The number of aryl methyl sites for hydroxylation is 1. The Kier molecular flexibility index (Phi) is 6.09. The third-order valence-electron chi connectivity index (χ3n) is 5.37. The van der Waals surface area contributed by atoms with Crippen molar-refractivity contribution >= 4 is 11.6 Å². The number of nitrogens with zero attached hydrogens (tertiary/aromatic N) is 3. The number of carbonyl (C=O) groups excluding carboxylic acids is 1. The van der Waals surface area contributed by atoms with E-state index >= 15 is 0 Å². The second kappa shape index (κ2) is 9.09. The van der Waals surface area contributed by atoms with E-state index in [9.17, 15) is 4.79 Å². The third-order valence-corrected chi connectivity index (χ3v) is 5.37. The second-order valence-electron chi connectivity index (χ2n) is 7.65. The fraction of sp³-hybridized carbons (Fsp3) is 0.348. The third kappa shape index (κ3) is 4.68. The normalized spacial score (nSPS) is 16.9. The number of hydrogen-bond donors (Lipinski definition) is 1. The molecular weight excluding hydrogens is 380 g/mol. The summed E-state index contributed by atoms with van der Waals surface area (Å²) < 4.78 is 10.8. The van der Waals surface area contributed by atoms with Crippen molar-refractivity contribution in [3.8, 4) is 17.2 Å². The van der Waals surface area contributed by atoms with Crippen molar-refractivity contribution in [2.45, 2.75) is 26.3 Å². The maximum absolute atomic E-state index is 12.8. The Bertz CT molecular complexity index is 1000. The van der Waals surface area contributed by atoms with Crippen LogP contribution in [-0.4, -0.2) is 41.1 Å². The summed E-state index contributed by atoms with van der Waals surface area (Å²) in [6, 6.07) is 15.5. The predicted octanol–water partition coefficient (Wildman–Crippen LogP) is 3.90. The van der Waals surface area contributed by atoms with Gasteiger partial charge in [-0.1, -0.05) is 35.0 Å². The van der Waals surface area contributed by atoms with Crippen molar-refractivity contribution in [1.29, 1.82) is 0 Å². The molecule has 0 spiro atoms. The molecule has 0 aliphatic carbocycles. The van der Waals surface area contributed by atoms with Gasteiger partial charge in [-0.3, -0.25) is 9.69 Å². The first-order valence-corrected chi connectivity index (χ1v) is 10.2. The van der Waals surface area contributed by atoms with Gasteiger partial charge in [0.2, 0.25) is 5.91 Å². The number of para-hydroxylation sites is 2. The van der Waals surface area contributed by atoms with Gasteiger partial charge in [0.05, 0.1) is 25.3 Å². The number of carbonyl (C=O) groups is 1. The minimum Gasteiger partial charge on any atom is -0.495 e. The Hall–Kier alpha value is -3.19. The highest BCUT2D eigenvalue weighted by molar-refractivity contribution is 5.94. The zero-order valence-electron chi connectivity index (χ0n) is 17.3. The fourth-order valence-corrected chi connectivity index (χ4v) is 3.73. The first-order valence-electron chi connectivity index (χ1n) is 10.2. The van der Waals surface area contributed by atoms with Crippen molar-refractivity contribution in [1.82, 2.24) is 15.0 Å². The topological polar surface area (TPSA) is 80.5 Å². The average Bonchev–Trinajstić information content (AvgIpc) is 3.23. The van der Waals surface area contributed by atoms with Crippen LogP contribution in [0.1, 0.15) is 24.2 Å². The van der Waals surface area contributed by atoms with Crippen LogP contribution in [0.15, 0.2) is 53.1 Å². The monoisotopic (exact) mass is 406 g/mol. The molecule has 7 heteroatoms. The number of hydrogen-bond acceptors (Lipinski definition) is 6. The molecule has 1 N–H and O–H groups in total. The molecule has 30 heavy (non-hydrogen) atoms. The number of likely N-dealkylation sites (tertiary alicyclic amines) is 1. The lowest BCUT2D eigenvalue weighted by atomic mass is 9.97. The van der Waals surface area contributed by atoms with Crippen molar-refractivity contribution in [2.24, 2.45) is 5.92 Å². The molecule has 1 atom stereocenters. The van der Waals surface area contributed by atoms with Crippen molar-refractivity contribution in [2.75, 3.05) is 25.5 Å². The summed E-state index contributed by atoms with van der Waals surface area (Å²) in [5.74, 6) is 1.74. The van der Waals surface area contributed by atoms with Gasteiger partial charge < -0.3 is 14.6 Å². The second-order valence-corrected chi connectivity index (χ2v) is 7.65. The highest BCUT2D eigenvalue weighted by Crippen LogP contribution is 2.26. The smallest absolute Gasteiger partial charge is 0.257 e. The highest BCUT2D eigenvalue weighted by Gasteiger charge is 2.27. The number of piperidine rings is 1. The van der Waals surface area contributed by atoms with E-state index < -0.39 is 0 Å². The van der Waals surface area contributed by atoms with Crippen LogP contribution in [0, 0.1) is 12.8 Å². The number of anilines is 1. The van der Waals surface area contributed by atoms with Crippen LogP contribution in [0.3, 0.4) is 0 Å². The maximum Gasteiger partial charge on any atom is 0.257 e. The van der Waals surface area contributed by atoms with E-state index in [4.69, 9.17) is 9.26 Å². The SMILES string of the molecule is COc1ccccc1NC(=O)[C@@H]1CCCN(Cc2noc(-c3ccc(C)cc3)n2)C1. The molecule has 1 amide bonds. The Morgan fingerprint density at radius 1 is 1.23 bits per heavy atom. The van der Waals surface area contributed by atoms with Gasteiger partial charge in [0.1, 0.15) is 5.75 Å². The molecule has 7 nitrogen and oxygen atoms in total. The fourth-order valence-electron chi connectivity index (χ4n) is 3.73. The van der Waals surface area contributed by atoms with Crippen molar-refractivity contribution < 1.29 is 14.1 Å². The number of rotatable bonds is 6. The number of aromatic nitrogens is 2. The van der Waals surface area contributed by atoms with E-state index in [1.165, 1.54) is 5.56 Å². The number of nitrogens with one attached hydrogen (secondary N) is 1. The highest BCUT2D eigenvalue weighted by atomic mass is 16.5. The predicted molar refractivity (Wildman–Crippen MR) is 114 cm³/mol. The van der Waals surface area contributed by atoms with Gasteiger partial charge in [-0.05, 0) is 50.6 Å². The molecule has 1 saturated heterocycles. The maximum atomic E-state index is 12.8. The van der Waals surface area contributed by atoms with Gasteiger partial charge in [-0.2, -0.15) is 4.98 Å². The number of ether oxygens (including phenoxy) is 1. The average molecular weight is 406 g/mol. The minimum absolute atomic E-state index is 0.0117. The standard InChI is InChI=1S/C23H26N4O3/c1-16-9-11-17(12-10-16)23-25-21(26-30-23)15-27-13-5-6-18(14-27)22(28)24-19-7-3-4-8-20(19)29-2/h3-4,7-12,18H,5-6,13-15H2,1-2H3,(H,24,28)/t18-/m1/s1. The molecule has 0 unspecified atom stereocenters. The summed E-state index contributed by atoms with van der Waals surface area (Å²) in [7, 11) is 1.60. The largest absolute Gasteiger partial charge is 0.495 e. The molecule has 156 valence electrons. The molecule has 2 aromatic carbocycles. The summed E-state index contributed by atoms with van der Waals surface area (Å²) in [6.07, 6.45) is 1.81. The molecule has 1 fully saturated rings. The summed E-state index contributed by atoms with van der Waals surface area (Å²) in [5, 5.41) is 7.13. The van der Waals surface area contributed by atoms with Gasteiger partial charge in [0, 0.05) is 12.1 Å². The number of benzene rings is 2. The van der Waals surface area contributed by atoms with Crippen LogP contribution < -0.4 is 10.1 Å². The lowest BCUT2D eigenvalue weighted by Gasteiger charge is -2.31. The lowest BCUT2D eigenvalue weighted by molar-refractivity contribution is -0.121. The van der Waals surface area contributed by atoms with Crippen LogP contribution in [0.2, 0.25) is 0 Å². The molecular formula is C23H26N4O3. The zero-order chi connectivity index (χ0) is 20.9. The summed E-state index contributed by atoms with van der Waals surface area (Å²) in [6.45, 7) is 4.18. The molecule has 0 bridgehead atoms. The Balaban J connectivity index is 1.37. The molecule has 1 aromatic heterocycles. The van der Waals surface area contributed by atoms with E-state index in [1.54, 1.807) is 7.11 Å². The lowest BCUT2D eigenvalue weighted by Crippen LogP contribution is -2.40. The summed E-state index contributed by atoms with van der Waals surface area (Å²) >= 11 is 0. The minimum atomic E-state index is -0.0906. The van der Waals surface area contributed by atoms with E-state index in [0.717, 1.165) is 24.9 Å². The van der Waals surface area contributed by atoms with Gasteiger partial charge in [-0.15, -0.1) is 0 Å². The van der Waals surface area contributed by atoms with Crippen LogP contribution in [-0.2, 0) is 11.3 Å². The first-order chi connectivity index (χ1) is 14.6. The zero-order valence-corrected chi connectivity index (χ0v) is 17.3. The molecule has 0 radical (unpaired) electrons.